The molecule has 8 nitrogen and oxygen atoms in total. The molecule has 1 fully saturated rings. The van der Waals surface area contributed by atoms with E-state index in [4.69, 9.17) is 0 Å². The Hall–Kier alpha value is -1.97. The van der Waals surface area contributed by atoms with E-state index < -0.39 is 22.5 Å². The minimum atomic E-state index is -3.77. The lowest BCUT2D eigenvalue weighted by Gasteiger charge is -2.30. The summed E-state index contributed by atoms with van der Waals surface area (Å²) in [5.74, 6) is -0.687. The van der Waals surface area contributed by atoms with Crippen LogP contribution in [0.15, 0.2) is 23.1 Å². The SMILES string of the molecule is Cc1ccc(S(=O)(=O)NCC(=O)NCC(=O)N2CC[NH+](C)CC2)cc1C. The maximum absolute atomic E-state index is 12.2. The quantitative estimate of drug-likeness (QED) is 0.532. The molecule has 3 N–H and O–H groups in total. The van der Waals surface area contributed by atoms with Crippen molar-refractivity contribution in [2.24, 2.45) is 0 Å². The molecule has 144 valence electrons. The van der Waals surface area contributed by atoms with Gasteiger partial charge in [-0.05, 0) is 37.1 Å². The van der Waals surface area contributed by atoms with Gasteiger partial charge in [0, 0.05) is 0 Å². The van der Waals surface area contributed by atoms with E-state index in [9.17, 15) is 18.0 Å². The first-order valence-corrected chi connectivity index (χ1v) is 10.1. The van der Waals surface area contributed by atoms with Gasteiger partial charge in [0.15, 0.2) is 0 Å². The summed E-state index contributed by atoms with van der Waals surface area (Å²) in [6, 6.07) is 4.79. The molecule has 9 heteroatoms. The zero-order valence-electron chi connectivity index (χ0n) is 15.5. The Labute approximate surface area is 154 Å². The molecule has 1 heterocycles. The average molecular weight is 383 g/mol. The summed E-state index contributed by atoms with van der Waals surface area (Å²) in [5, 5.41) is 2.47. The summed E-state index contributed by atoms with van der Waals surface area (Å²) in [5.41, 5.74) is 1.85. The fraction of sp³-hybridized carbons (Fsp3) is 0.529. The third-order valence-electron chi connectivity index (χ3n) is 4.62. The molecule has 1 aliphatic heterocycles. The van der Waals surface area contributed by atoms with Gasteiger partial charge in [0.2, 0.25) is 21.8 Å². The standard InChI is InChI=1S/C17H26N4O4S/c1-13-4-5-15(10-14(13)2)26(24,25)19-11-16(22)18-12-17(23)21-8-6-20(3)7-9-21/h4-5,10,19H,6-9,11-12H2,1-3H3,(H,18,22)/p+1. The number of rotatable bonds is 6. The second-order valence-electron chi connectivity index (χ2n) is 6.69. The van der Waals surface area contributed by atoms with Gasteiger partial charge in [-0.25, -0.2) is 13.1 Å². The van der Waals surface area contributed by atoms with E-state index >= 15 is 0 Å². The Morgan fingerprint density at radius 3 is 2.38 bits per heavy atom. The fourth-order valence-electron chi connectivity index (χ4n) is 2.61. The van der Waals surface area contributed by atoms with Crippen molar-refractivity contribution in [3.05, 3.63) is 29.3 Å². The molecule has 1 aromatic rings. The maximum Gasteiger partial charge on any atom is 0.242 e. The summed E-state index contributed by atoms with van der Waals surface area (Å²) >= 11 is 0. The maximum atomic E-state index is 12.2. The summed E-state index contributed by atoms with van der Waals surface area (Å²) in [4.78, 5) is 27.1. The highest BCUT2D eigenvalue weighted by molar-refractivity contribution is 7.89. The lowest BCUT2D eigenvalue weighted by Crippen LogP contribution is -3.12. The van der Waals surface area contributed by atoms with Gasteiger partial charge >= 0.3 is 0 Å². The third-order valence-corrected chi connectivity index (χ3v) is 6.02. The smallest absolute Gasteiger partial charge is 0.242 e. The lowest BCUT2D eigenvalue weighted by atomic mass is 10.1. The summed E-state index contributed by atoms with van der Waals surface area (Å²) in [7, 11) is -1.69. The Morgan fingerprint density at radius 1 is 1.12 bits per heavy atom. The Balaban J connectivity index is 1.80. The van der Waals surface area contributed by atoms with Crippen molar-refractivity contribution >= 4 is 21.8 Å². The highest BCUT2D eigenvalue weighted by Crippen LogP contribution is 2.14. The van der Waals surface area contributed by atoms with E-state index in [0.29, 0.717) is 13.1 Å². The van der Waals surface area contributed by atoms with E-state index in [1.54, 1.807) is 17.0 Å². The molecule has 0 bridgehead atoms. The molecule has 1 aromatic carbocycles. The molecule has 1 aliphatic rings. The summed E-state index contributed by atoms with van der Waals surface area (Å²) in [6.45, 7) is 6.29. The Kier molecular flexibility index (Phi) is 6.74. The number of aryl methyl sites for hydroxylation is 2. The molecular weight excluding hydrogens is 356 g/mol. The second-order valence-corrected chi connectivity index (χ2v) is 8.45. The monoisotopic (exact) mass is 383 g/mol. The molecule has 0 spiro atoms. The van der Waals surface area contributed by atoms with Gasteiger partial charge in [-0.2, -0.15) is 0 Å². The first kappa shape index (κ1) is 20.3. The van der Waals surface area contributed by atoms with Crippen molar-refractivity contribution in [2.45, 2.75) is 18.7 Å². The van der Waals surface area contributed by atoms with Crippen LogP contribution in [-0.2, 0) is 19.6 Å². The van der Waals surface area contributed by atoms with Gasteiger partial charge in [-0.3, -0.25) is 9.59 Å². The predicted octanol–water partition coefficient (Wildman–Crippen LogP) is -1.95. The second kappa shape index (κ2) is 8.61. The van der Waals surface area contributed by atoms with Gasteiger partial charge in [0.25, 0.3) is 0 Å². The van der Waals surface area contributed by atoms with Crippen LogP contribution in [0.3, 0.4) is 0 Å². The van der Waals surface area contributed by atoms with Gasteiger partial charge in [0.1, 0.15) is 0 Å². The van der Waals surface area contributed by atoms with E-state index in [0.717, 1.165) is 24.2 Å². The van der Waals surface area contributed by atoms with Crippen LogP contribution in [-0.4, -0.2) is 71.4 Å². The van der Waals surface area contributed by atoms with Gasteiger partial charge in [-0.1, -0.05) is 6.07 Å². The van der Waals surface area contributed by atoms with Crippen molar-refractivity contribution in [2.75, 3.05) is 46.3 Å². The number of carbonyl (C=O) groups is 2. The van der Waals surface area contributed by atoms with Crippen molar-refractivity contribution < 1.29 is 22.9 Å². The third kappa shape index (κ3) is 5.52. The Bertz CT molecular complexity index is 771. The van der Waals surface area contributed by atoms with Crippen molar-refractivity contribution in [1.29, 1.82) is 0 Å². The predicted molar refractivity (Wildman–Crippen MR) is 97.3 cm³/mol. The number of carbonyl (C=O) groups excluding carboxylic acids is 2. The number of hydrogen-bond donors (Lipinski definition) is 3. The molecule has 2 rings (SSSR count). The molecule has 26 heavy (non-hydrogen) atoms. The zero-order valence-corrected chi connectivity index (χ0v) is 16.3. The first-order chi connectivity index (χ1) is 12.2. The average Bonchev–Trinajstić information content (AvgIpc) is 2.60. The highest BCUT2D eigenvalue weighted by Gasteiger charge is 2.22. The molecule has 0 radical (unpaired) electrons. The number of likely N-dealkylation sites (N-methyl/N-ethyl adjacent to an activating group) is 1. The molecular formula is C17H27N4O4S+. The van der Waals surface area contributed by atoms with Crippen LogP contribution in [0.25, 0.3) is 0 Å². The minimum absolute atomic E-state index is 0.115. The van der Waals surface area contributed by atoms with Gasteiger partial charge in [0.05, 0.1) is 51.2 Å². The molecule has 0 aliphatic carbocycles. The van der Waals surface area contributed by atoms with Crippen LogP contribution in [0.1, 0.15) is 11.1 Å². The fourth-order valence-corrected chi connectivity index (χ4v) is 3.68. The number of nitrogens with one attached hydrogen (secondary N) is 3. The number of nitrogens with zero attached hydrogens (tertiary/aromatic N) is 1. The number of sulfonamides is 1. The summed E-state index contributed by atoms with van der Waals surface area (Å²) in [6.07, 6.45) is 0. The number of amides is 2. The van der Waals surface area contributed by atoms with Crippen LogP contribution in [0.5, 0.6) is 0 Å². The molecule has 0 unspecified atom stereocenters. The number of piperazine rings is 1. The van der Waals surface area contributed by atoms with Crippen LogP contribution < -0.4 is 14.9 Å². The molecule has 0 atom stereocenters. The van der Waals surface area contributed by atoms with Crippen molar-refractivity contribution in [3.8, 4) is 0 Å². The van der Waals surface area contributed by atoms with Crippen molar-refractivity contribution in [3.63, 3.8) is 0 Å². The molecule has 2 amide bonds. The van der Waals surface area contributed by atoms with Crippen LogP contribution >= 0.6 is 0 Å². The molecule has 1 saturated heterocycles. The first-order valence-electron chi connectivity index (χ1n) is 8.62. The summed E-state index contributed by atoms with van der Waals surface area (Å²) < 4.78 is 26.8. The minimum Gasteiger partial charge on any atom is -0.346 e. The van der Waals surface area contributed by atoms with Crippen LogP contribution in [0, 0.1) is 13.8 Å². The number of benzene rings is 1. The zero-order chi connectivity index (χ0) is 19.3. The van der Waals surface area contributed by atoms with E-state index in [1.165, 1.54) is 11.0 Å². The van der Waals surface area contributed by atoms with Crippen LogP contribution in [0.2, 0.25) is 0 Å². The number of hydrogen-bond acceptors (Lipinski definition) is 4. The van der Waals surface area contributed by atoms with Crippen molar-refractivity contribution in [1.82, 2.24) is 14.9 Å². The normalized spacial score (nSPS) is 15.7. The Morgan fingerprint density at radius 2 is 1.77 bits per heavy atom. The van der Waals surface area contributed by atoms with E-state index in [1.807, 2.05) is 13.8 Å². The molecule has 0 saturated carbocycles. The van der Waals surface area contributed by atoms with E-state index in [-0.39, 0.29) is 17.3 Å². The highest BCUT2D eigenvalue weighted by atomic mass is 32.2. The number of quaternary nitrogens is 1. The van der Waals surface area contributed by atoms with Gasteiger partial charge in [-0.15, -0.1) is 0 Å². The van der Waals surface area contributed by atoms with E-state index in [2.05, 4.69) is 17.1 Å². The lowest BCUT2D eigenvalue weighted by molar-refractivity contribution is -0.883. The van der Waals surface area contributed by atoms with Gasteiger partial charge < -0.3 is 15.1 Å². The largest absolute Gasteiger partial charge is 0.346 e. The molecule has 0 aromatic heterocycles. The topological polar surface area (TPSA) is 100 Å². The van der Waals surface area contributed by atoms with Crippen LogP contribution in [0.4, 0.5) is 0 Å².